The third-order valence-electron chi connectivity index (χ3n) is 3.70. The fourth-order valence-electron chi connectivity index (χ4n) is 2.79. The summed E-state index contributed by atoms with van der Waals surface area (Å²) >= 11 is 0. The molecule has 6 nitrogen and oxygen atoms in total. The van der Waals surface area contributed by atoms with Crippen molar-refractivity contribution in [2.24, 2.45) is 0 Å². The van der Waals surface area contributed by atoms with Gasteiger partial charge in [0.15, 0.2) is 5.82 Å². The van der Waals surface area contributed by atoms with Gasteiger partial charge in [-0.05, 0) is 19.3 Å². The van der Waals surface area contributed by atoms with E-state index in [2.05, 4.69) is 4.98 Å². The van der Waals surface area contributed by atoms with Gasteiger partial charge in [-0.3, -0.25) is 9.59 Å². The van der Waals surface area contributed by atoms with Crippen LogP contribution in [-0.2, 0) is 11.3 Å². The molecule has 0 saturated heterocycles. The van der Waals surface area contributed by atoms with Crippen molar-refractivity contribution in [1.29, 1.82) is 0 Å². The normalized spacial score (nSPS) is 15.4. The molecule has 0 atom stereocenters. The van der Waals surface area contributed by atoms with Crippen molar-refractivity contribution in [3.63, 3.8) is 0 Å². The first kappa shape index (κ1) is 14.6. The van der Waals surface area contributed by atoms with Crippen LogP contribution in [-0.4, -0.2) is 33.2 Å². The smallest absolute Gasteiger partial charge is 0.323 e. The zero-order valence-corrected chi connectivity index (χ0v) is 11.8. The Morgan fingerprint density at radius 1 is 1.50 bits per heavy atom. The molecule has 0 bridgehead atoms. The Labute approximate surface area is 118 Å². The highest BCUT2D eigenvalue weighted by Crippen LogP contribution is 2.25. The Hall–Kier alpha value is -1.85. The number of hydrogen-bond acceptors (Lipinski definition) is 4. The van der Waals surface area contributed by atoms with Crippen LogP contribution in [0, 0.1) is 0 Å². The highest BCUT2D eigenvalue weighted by atomic mass is 16.4. The summed E-state index contributed by atoms with van der Waals surface area (Å²) < 4.78 is 1.60. The van der Waals surface area contributed by atoms with Crippen LogP contribution < -0.4 is 10.5 Å². The highest BCUT2D eigenvalue weighted by molar-refractivity contribution is 5.73. The van der Waals surface area contributed by atoms with Gasteiger partial charge < -0.3 is 14.6 Å². The van der Waals surface area contributed by atoms with E-state index in [0.717, 1.165) is 32.1 Å². The molecular weight excluding hydrogens is 258 g/mol. The van der Waals surface area contributed by atoms with Crippen LogP contribution in [0.2, 0.25) is 0 Å². The molecular formula is C14H21N3O3. The van der Waals surface area contributed by atoms with Crippen molar-refractivity contribution in [2.45, 2.75) is 51.6 Å². The van der Waals surface area contributed by atoms with Gasteiger partial charge in [0.1, 0.15) is 6.54 Å². The number of carboxylic acid groups (broad SMARTS) is 1. The maximum Gasteiger partial charge on any atom is 0.323 e. The third-order valence-corrected chi connectivity index (χ3v) is 3.70. The van der Waals surface area contributed by atoms with Crippen molar-refractivity contribution in [2.75, 3.05) is 11.4 Å². The molecule has 0 amide bonds. The lowest BCUT2D eigenvalue weighted by Crippen LogP contribution is -2.42. The molecule has 1 heterocycles. The second kappa shape index (κ2) is 6.54. The lowest BCUT2D eigenvalue weighted by molar-refractivity contribution is -0.135. The van der Waals surface area contributed by atoms with Crippen molar-refractivity contribution in [3.05, 3.63) is 22.7 Å². The lowest BCUT2D eigenvalue weighted by Gasteiger charge is -2.28. The Morgan fingerprint density at radius 3 is 2.80 bits per heavy atom. The molecule has 6 heteroatoms. The Morgan fingerprint density at radius 2 is 2.20 bits per heavy atom. The minimum absolute atomic E-state index is 0.115. The summed E-state index contributed by atoms with van der Waals surface area (Å²) in [5.41, 5.74) is -0.192. The van der Waals surface area contributed by atoms with Gasteiger partial charge in [-0.15, -0.1) is 0 Å². The van der Waals surface area contributed by atoms with Crippen LogP contribution in [0.25, 0.3) is 0 Å². The second-order valence-corrected chi connectivity index (χ2v) is 5.21. The molecule has 0 unspecified atom stereocenters. The third kappa shape index (κ3) is 3.18. The maximum atomic E-state index is 12.4. The predicted molar refractivity (Wildman–Crippen MR) is 76.0 cm³/mol. The van der Waals surface area contributed by atoms with Gasteiger partial charge >= 0.3 is 5.97 Å². The summed E-state index contributed by atoms with van der Waals surface area (Å²) in [5.74, 6) is -0.653. The van der Waals surface area contributed by atoms with Crippen molar-refractivity contribution >= 4 is 11.8 Å². The molecule has 20 heavy (non-hydrogen) atoms. The molecule has 0 aromatic carbocycles. The van der Waals surface area contributed by atoms with Crippen LogP contribution in [0.4, 0.5) is 5.82 Å². The van der Waals surface area contributed by atoms with Crippen LogP contribution in [0.3, 0.4) is 0 Å². The molecule has 0 radical (unpaired) electrons. The van der Waals surface area contributed by atoms with E-state index in [1.807, 2.05) is 6.92 Å². The van der Waals surface area contributed by atoms with E-state index in [4.69, 9.17) is 5.11 Å². The summed E-state index contributed by atoms with van der Waals surface area (Å²) in [6.45, 7) is 2.46. The topological polar surface area (TPSA) is 75.4 Å². The van der Waals surface area contributed by atoms with Crippen LogP contribution >= 0.6 is 0 Å². The molecule has 1 aliphatic rings. The fourth-order valence-corrected chi connectivity index (χ4v) is 2.79. The number of anilines is 1. The average molecular weight is 279 g/mol. The zero-order valence-electron chi connectivity index (χ0n) is 11.8. The van der Waals surface area contributed by atoms with Crippen molar-refractivity contribution < 1.29 is 9.90 Å². The molecule has 1 aromatic rings. The number of nitrogens with zero attached hydrogens (tertiary/aromatic N) is 3. The van der Waals surface area contributed by atoms with Gasteiger partial charge in [0.05, 0.1) is 0 Å². The maximum absolute atomic E-state index is 12.4. The van der Waals surface area contributed by atoms with E-state index in [1.165, 1.54) is 0 Å². The van der Waals surface area contributed by atoms with Gasteiger partial charge in [0.2, 0.25) is 0 Å². The Bertz CT molecular complexity index is 521. The molecule has 1 aliphatic carbocycles. The number of rotatable bonds is 6. The number of aromatic nitrogens is 2. The number of aliphatic carboxylic acids is 1. The molecule has 110 valence electrons. The quantitative estimate of drug-likeness (QED) is 0.853. The first-order valence-electron chi connectivity index (χ1n) is 7.17. The highest BCUT2D eigenvalue weighted by Gasteiger charge is 2.27. The minimum atomic E-state index is -0.927. The molecule has 0 aliphatic heterocycles. The van der Waals surface area contributed by atoms with Crippen LogP contribution in [0.15, 0.2) is 17.2 Å². The standard InChI is InChI=1S/C14H21N3O3/c1-2-8-16-9-7-15-13(14(16)20)17(10-12(18)19)11-5-3-4-6-11/h7,9,11H,2-6,8,10H2,1H3,(H,18,19). The van der Waals surface area contributed by atoms with Gasteiger partial charge in [0.25, 0.3) is 5.56 Å². The monoisotopic (exact) mass is 279 g/mol. The largest absolute Gasteiger partial charge is 0.480 e. The molecule has 1 saturated carbocycles. The summed E-state index contributed by atoms with van der Waals surface area (Å²) in [4.78, 5) is 29.3. The van der Waals surface area contributed by atoms with Crippen LogP contribution in [0.5, 0.6) is 0 Å². The van der Waals surface area contributed by atoms with Gasteiger partial charge in [-0.25, -0.2) is 4.98 Å². The number of hydrogen-bond donors (Lipinski definition) is 1. The molecule has 0 spiro atoms. The van der Waals surface area contributed by atoms with Gasteiger partial charge in [0, 0.05) is 25.0 Å². The fraction of sp³-hybridized carbons (Fsp3) is 0.643. The number of carbonyl (C=O) groups is 1. The molecule has 1 fully saturated rings. The summed E-state index contributed by atoms with van der Waals surface area (Å²) in [6.07, 6.45) is 8.10. The van der Waals surface area contributed by atoms with E-state index < -0.39 is 5.97 Å². The summed E-state index contributed by atoms with van der Waals surface area (Å²) in [6, 6.07) is 0.115. The van der Waals surface area contributed by atoms with Crippen LogP contribution in [0.1, 0.15) is 39.0 Å². The Kier molecular flexibility index (Phi) is 4.76. The van der Waals surface area contributed by atoms with Crippen molar-refractivity contribution in [3.8, 4) is 0 Å². The first-order valence-corrected chi connectivity index (χ1v) is 7.17. The van der Waals surface area contributed by atoms with E-state index in [1.54, 1.807) is 21.9 Å². The van der Waals surface area contributed by atoms with E-state index in [0.29, 0.717) is 6.54 Å². The predicted octanol–water partition coefficient (Wildman–Crippen LogP) is 1.49. The number of carboxylic acids is 1. The number of aryl methyl sites for hydroxylation is 1. The minimum Gasteiger partial charge on any atom is -0.480 e. The van der Waals surface area contributed by atoms with Gasteiger partial charge in [-0.1, -0.05) is 19.8 Å². The SMILES string of the molecule is CCCn1ccnc(N(CC(=O)O)C2CCCC2)c1=O. The molecule has 1 aromatic heterocycles. The molecule has 1 N–H and O–H groups in total. The lowest BCUT2D eigenvalue weighted by atomic mass is 10.2. The van der Waals surface area contributed by atoms with E-state index >= 15 is 0 Å². The van der Waals surface area contributed by atoms with E-state index in [9.17, 15) is 9.59 Å². The summed E-state index contributed by atoms with van der Waals surface area (Å²) in [5, 5.41) is 9.09. The molecule has 2 rings (SSSR count). The Balaban J connectivity index is 2.34. The zero-order chi connectivity index (χ0) is 14.5. The average Bonchev–Trinajstić information content (AvgIpc) is 2.93. The van der Waals surface area contributed by atoms with Crippen molar-refractivity contribution in [1.82, 2.24) is 9.55 Å². The van der Waals surface area contributed by atoms with E-state index in [-0.39, 0.29) is 24.0 Å². The summed E-state index contributed by atoms with van der Waals surface area (Å²) in [7, 11) is 0. The first-order chi connectivity index (χ1) is 9.63. The second-order valence-electron chi connectivity index (χ2n) is 5.21. The van der Waals surface area contributed by atoms with Gasteiger partial charge in [-0.2, -0.15) is 0 Å².